The highest BCUT2D eigenvalue weighted by atomic mass is 79.9. The van der Waals surface area contributed by atoms with Crippen LogP contribution in [-0.2, 0) is 4.79 Å². The highest BCUT2D eigenvalue weighted by molar-refractivity contribution is 9.11. The number of carbonyl (C=O) groups is 1. The van der Waals surface area contributed by atoms with Crippen molar-refractivity contribution in [2.45, 2.75) is 58.3 Å². The lowest BCUT2D eigenvalue weighted by molar-refractivity contribution is -0.137. The summed E-state index contributed by atoms with van der Waals surface area (Å²) in [7, 11) is 0. The maximum absolute atomic E-state index is 10.9. The van der Waals surface area contributed by atoms with E-state index in [1.807, 2.05) is 11.3 Å². The van der Waals surface area contributed by atoms with Gasteiger partial charge < -0.3 is 9.84 Å². The minimum atomic E-state index is -0.775. The fraction of sp³-hybridized carbons (Fsp3) is 0.345. The van der Waals surface area contributed by atoms with Gasteiger partial charge >= 0.3 is 5.97 Å². The third-order valence-corrected chi connectivity index (χ3v) is 9.46. The Morgan fingerprint density at radius 2 is 1.85 bits per heavy atom. The van der Waals surface area contributed by atoms with Crippen LogP contribution < -0.4 is 4.74 Å². The topological polar surface area (TPSA) is 46.5 Å². The van der Waals surface area contributed by atoms with Gasteiger partial charge in [-0.25, -0.2) is 0 Å². The van der Waals surface area contributed by atoms with Gasteiger partial charge in [0.15, 0.2) is 0 Å². The van der Waals surface area contributed by atoms with Gasteiger partial charge in [-0.1, -0.05) is 43.2 Å². The molecule has 0 saturated heterocycles. The Morgan fingerprint density at radius 3 is 2.59 bits per heavy atom. The normalized spacial score (nSPS) is 14.3. The smallest absolute Gasteiger partial charge is 0.303 e. The van der Waals surface area contributed by atoms with E-state index >= 15 is 0 Å². The molecule has 1 aliphatic rings. The van der Waals surface area contributed by atoms with Gasteiger partial charge in [-0.3, -0.25) is 4.79 Å². The fourth-order valence-corrected chi connectivity index (χ4v) is 7.23. The Hall–Kier alpha value is -2.37. The Balaban J connectivity index is 1.67. The zero-order chi connectivity index (χ0) is 23.8. The maximum Gasteiger partial charge on any atom is 0.303 e. The van der Waals surface area contributed by atoms with Crippen molar-refractivity contribution in [3.05, 3.63) is 62.9 Å². The van der Waals surface area contributed by atoms with Crippen molar-refractivity contribution < 1.29 is 14.6 Å². The summed E-state index contributed by atoms with van der Waals surface area (Å²) >= 11 is 5.77. The third-order valence-electron chi connectivity index (χ3n) is 7.15. The highest BCUT2D eigenvalue weighted by Crippen LogP contribution is 2.48. The summed E-state index contributed by atoms with van der Waals surface area (Å²) in [6.45, 7) is 4.87. The molecule has 5 heteroatoms. The van der Waals surface area contributed by atoms with Gasteiger partial charge in [0.1, 0.15) is 5.75 Å². The van der Waals surface area contributed by atoms with Crippen molar-refractivity contribution in [1.29, 1.82) is 0 Å². The maximum atomic E-state index is 10.9. The van der Waals surface area contributed by atoms with Crippen molar-refractivity contribution in [2.75, 3.05) is 6.61 Å². The molecule has 1 heterocycles. The van der Waals surface area contributed by atoms with E-state index in [1.54, 1.807) is 0 Å². The summed E-state index contributed by atoms with van der Waals surface area (Å²) in [5, 5.41) is 12.8. The summed E-state index contributed by atoms with van der Waals surface area (Å²) in [6, 6.07) is 15.3. The van der Waals surface area contributed by atoms with E-state index in [-0.39, 0.29) is 6.42 Å². The molecule has 3 aromatic carbocycles. The standard InChI is InChI=1S/C29H29BrO3S/c1-17-18(2)34-29-26(17)27(21-10-5-6-11-22(21)28(29)30)20-13-14-24(33-15-7-12-25(31)32)23(16-20)19-8-3-4-9-19/h5-6,10-11,13-14,16,19H,3-4,7-9,12,15H2,1-2H3,(H,31,32). The zero-order valence-electron chi connectivity index (χ0n) is 19.6. The van der Waals surface area contributed by atoms with E-state index in [1.165, 1.54) is 78.1 Å². The molecule has 5 rings (SSSR count). The number of benzene rings is 3. The van der Waals surface area contributed by atoms with Crippen molar-refractivity contribution >= 4 is 54.1 Å². The number of rotatable bonds is 7. The molecule has 4 aromatic rings. The van der Waals surface area contributed by atoms with Gasteiger partial charge in [0.25, 0.3) is 0 Å². The van der Waals surface area contributed by atoms with Crippen molar-refractivity contribution in [1.82, 2.24) is 0 Å². The minimum Gasteiger partial charge on any atom is -0.493 e. The number of aliphatic carboxylic acids is 1. The van der Waals surface area contributed by atoms with E-state index in [9.17, 15) is 4.79 Å². The predicted octanol–water partition coefficient (Wildman–Crippen LogP) is 9.00. The first kappa shape index (κ1) is 23.4. The van der Waals surface area contributed by atoms with Crippen LogP contribution in [0.1, 0.15) is 60.4 Å². The Bertz CT molecular complexity index is 1380. The molecule has 0 amide bonds. The second-order valence-electron chi connectivity index (χ2n) is 9.30. The first-order valence-electron chi connectivity index (χ1n) is 12.0. The second-order valence-corrected chi connectivity index (χ2v) is 11.3. The predicted molar refractivity (Wildman–Crippen MR) is 146 cm³/mol. The summed E-state index contributed by atoms with van der Waals surface area (Å²) in [6.07, 6.45) is 5.52. The monoisotopic (exact) mass is 536 g/mol. The van der Waals surface area contributed by atoms with Crippen LogP contribution >= 0.6 is 27.3 Å². The SMILES string of the molecule is Cc1sc2c(Br)c3ccccc3c(-c3ccc(OCCCC(=O)O)c(C4CCCC4)c3)c2c1C. The first-order valence-corrected chi connectivity index (χ1v) is 13.7. The molecular weight excluding hydrogens is 508 g/mol. The van der Waals surface area contributed by atoms with E-state index in [4.69, 9.17) is 9.84 Å². The molecule has 0 atom stereocenters. The zero-order valence-corrected chi connectivity index (χ0v) is 22.0. The lowest BCUT2D eigenvalue weighted by atomic mass is 9.89. The van der Waals surface area contributed by atoms with Crippen LogP contribution in [0.5, 0.6) is 5.75 Å². The quantitative estimate of drug-likeness (QED) is 0.239. The number of carboxylic acid groups (broad SMARTS) is 1. The van der Waals surface area contributed by atoms with Gasteiger partial charge in [-0.2, -0.15) is 0 Å². The molecule has 1 aromatic heterocycles. The average Bonchev–Trinajstić information content (AvgIpc) is 3.47. The molecule has 0 radical (unpaired) electrons. The van der Waals surface area contributed by atoms with Gasteiger partial charge in [0, 0.05) is 21.2 Å². The number of halogens is 1. The van der Waals surface area contributed by atoms with E-state index < -0.39 is 5.97 Å². The third kappa shape index (κ3) is 4.25. The number of carboxylic acids is 1. The molecular formula is C29H29BrO3S. The summed E-state index contributed by atoms with van der Waals surface area (Å²) in [5.41, 5.74) is 5.15. The Labute approximate surface area is 212 Å². The number of fused-ring (bicyclic) bond motifs is 2. The molecule has 0 bridgehead atoms. The molecule has 1 fully saturated rings. The van der Waals surface area contributed by atoms with Crippen LogP contribution in [0.2, 0.25) is 0 Å². The first-order chi connectivity index (χ1) is 16.5. The van der Waals surface area contributed by atoms with E-state index in [0.717, 1.165) is 5.75 Å². The summed E-state index contributed by atoms with van der Waals surface area (Å²) in [5.74, 6) is 0.636. The van der Waals surface area contributed by atoms with Crippen molar-refractivity contribution in [2.24, 2.45) is 0 Å². The van der Waals surface area contributed by atoms with Gasteiger partial charge in [-0.15, -0.1) is 11.3 Å². The van der Waals surface area contributed by atoms with Crippen LogP contribution in [-0.4, -0.2) is 17.7 Å². The summed E-state index contributed by atoms with van der Waals surface area (Å²) in [4.78, 5) is 12.2. The van der Waals surface area contributed by atoms with Gasteiger partial charge in [0.2, 0.25) is 0 Å². The van der Waals surface area contributed by atoms with Crippen LogP contribution in [0, 0.1) is 13.8 Å². The van der Waals surface area contributed by atoms with Gasteiger partial charge in [0.05, 0.1) is 11.3 Å². The van der Waals surface area contributed by atoms with Crippen LogP contribution in [0.4, 0.5) is 0 Å². The second kappa shape index (κ2) is 9.71. The minimum absolute atomic E-state index is 0.135. The lowest BCUT2D eigenvalue weighted by Crippen LogP contribution is -2.05. The molecule has 0 unspecified atom stereocenters. The number of aryl methyl sites for hydroxylation is 2. The molecule has 0 aliphatic heterocycles. The fourth-order valence-electron chi connectivity index (χ4n) is 5.33. The molecule has 34 heavy (non-hydrogen) atoms. The Morgan fingerprint density at radius 1 is 1.12 bits per heavy atom. The molecule has 176 valence electrons. The van der Waals surface area contributed by atoms with Crippen LogP contribution in [0.3, 0.4) is 0 Å². The summed E-state index contributed by atoms with van der Waals surface area (Å²) < 4.78 is 8.63. The molecule has 0 spiro atoms. The number of hydrogen-bond acceptors (Lipinski definition) is 3. The largest absolute Gasteiger partial charge is 0.493 e. The molecule has 1 N–H and O–H groups in total. The Kier molecular flexibility index (Phi) is 6.67. The van der Waals surface area contributed by atoms with Crippen molar-refractivity contribution in [3.63, 3.8) is 0 Å². The van der Waals surface area contributed by atoms with Crippen molar-refractivity contribution in [3.8, 4) is 16.9 Å². The average molecular weight is 538 g/mol. The number of ether oxygens (including phenoxy) is 1. The molecule has 1 saturated carbocycles. The van der Waals surface area contributed by atoms with Crippen LogP contribution in [0.15, 0.2) is 46.9 Å². The molecule has 1 aliphatic carbocycles. The van der Waals surface area contributed by atoms with Crippen LogP contribution in [0.25, 0.3) is 32.0 Å². The van der Waals surface area contributed by atoms with E-state index in [2.05, 4.69) is 72.2 Å². The lowest BCUT2D eigenvalue weighted by Gasteiger charge is -2.19. The van der Waals surface area contributed by atoms with E-state index in [0.29, 0.717) is 18.9 Å². The molecule has 3 nitrogen and oxygen atoms in total. The number of hydrogen-bond donors (Lipinski definition) is 1. The van der Waals surface area contributed by atoms with Gasteiger partial charge in [-0.05, 0) is 100 Å². The highest BCUT2D eigenvalue weighted by Gasteiger charge is 2.24. The number of thiophene rings is 1.